The number of nitrogens with one attached hydrogen (secondary N) is 1. The first-order valence-corrected chi connectivity index (χ1v) is 11.3. The maximum atomic E-state index is 11.6. The third-order valence-corrected chi connectivity index (χ3v) is 4.77. The molecule has 0 fully saturated rings. The maximum absolute atomic E-state index is 11.6. The van der Waals surface area contributed by atoms with E-state index in [1.807, 2.05) is 12.1 Å². The highest BCUT2D eigenvalue weighted by Crippen LogP contribution is 2.25. The third kappa shape index (κ3) is 8.65. The van der Waals surface area contributed by atoms with Crippen LogP contribution in [0.4, 0.5) is 0 Å². The molecule has 3 aromatic rings. The molecule has 190 valence electrons. The Balaban J connectivity index is 0.000000260. The quantitative estimate of drug-likeness (QED) is 0.335. The number of ketones is 1. The number of aryl methyl sites for hydroxylation is 1. The zero-order chi connectivity index (χ0) is 27.5. The average molecular weight is 543 g/mol. The average Bonchev–Trinajstić information content (AvgIpc) is 2.84. The van der Waals surface area contributed by atoms with Gasteiger partial charge in [-0.25, -0.2) is 9.78 Å². The molecule has 12 heteroatoms. The van der Waals surface area contributed by atoms with Crippen LogP contribution in [0.3, 0.4) is 0 Å². The van der Waals surface area contributed by atoms with E-state index in [4.69, 9.17) is 47.9 Å². The van der Waals surface area contributed by atoms with E-state index in [9.17, 15) is 14.4 Å². The smallest absolute Gasteiger partial charge is 0.355 e. The topological polar surface area (TPSA) is 155 Å². The number of nitriles is 2. The molecular weight excluding hydrogens is 523 g/mol. The number of carbonyl (C=O) groups is 2. The molecule has 2 aromatic carbocycles. The molecular formula is C25H20Cl2N4O6. The lowest BCUT2D eigenvalue weighted by atomic mass is 10.2. The monoisotopic (exact) mass is 542 g/mol. The number of hydrogen-bond acceptors (Lipinski definition) is 9. The van der Waals surface area contributed by atoms with Gasteiger partial charge in [-0.1, -0.05) is 23.2 Å². The summed E-state index contributed by atoms with van der Waals surface area (Å²) in [5.41, 5.74) is 0.697. The van der Waals surface area contributed by atoms with E-state index in [1.54, 1.807) is 13.8 Å². The number of halogens is 2. The molecule has 10 nitrogen and oxygen atoms in total. The lowest BCUT2D eigenvalue weighted by Crippen LogP contribution is -2.35. The Morgan fingerprint density at radius 3 is 2.11 bits per heavy atom. The second-order valence-electron chi connectivity index (χ2n) is 7.18. The van der Waals surface area contributed by atoms with Crippen molar-refractivity contribution in [3.8, 4) is 29.4 Å². The van der Waals surface area contributed by atoms with Crippen molar-refractivity contribution in [2.24, 2.45) is 0 Å². The zero-order valence-electron chi connectivity index (χ0n) is 19.9. The largest absolute Gasteiger partial charge is 0.471 e. The highest BCUT2D eigenvalue weighted by Gasteiger charge is 2.27. The summed E-state index contributed by atoms with van der Waals surface area (Å²) in [6, 6.07) is 12.6. The van der Waals surface area contributed by atoms with Gasteiger partial charge in [-0.05, 0) is 57.2 Å². The highest BCUT2D eigenvalue weighted by atomic mass is 35.5. The van der Waals surface area contributed by atoms with Gasteiger partial charge in [0.2, 0.25) is 5.75 Å². The van der Waals surface area contributed by atoms with Crippen LogP contribution in [0.1, 0.15) is 30.7 Å². The van der Waals surface area contributed by atoms with Crippen LogP contribution >= 0.6 is 23.2 Å². The van der Waals surface area contributed by atoms with Crippen LogP contribution in [0.2, 0.25) is 10.0 Å². The predicted octanol–water partition coefficient (Wildman–Crippen LogP) is 4.51. The lowest BCUT2D eigenvalue weighted by molar-refractivity contribution is -0.154. The molecule has 0 aliphatic rings. The number of aromatic amines is 1. The number of aromatic nitrogens is 2. The first-order valence-electron chi connectivity index (χ1n) is 10.5. The van der Waals surface area contributed by atoms with Crippen molar-refractivity contribution in [3.05, 3.63) is 79.9 Å². The SMILES string of the molecule is CCOC(=O)C(Oc1cc(Cl)cc(C#N)c1)C(C)=O.Cc1nc[nH]c(=O)c1Oc1cc(Cl)cc(C#N)c1. The van der Waals surface area contributed by atoms with Crippen LogP contribution < -0.4 is 15.0 Å². The third-order valence-electron chi connectivity index (χ3n) is 4.33. The summed E-state index contributed by atoms with van der Waals surface area (Å²) in [5, 5.41) is 18.3. The van der Waals surface area contributed by atoms with E-state index in [0.29, 0.717) is 22.0 Å². The van der Waals surface area contributed by atoms with Gasteiger partial charge in [0.1, 0.15) is 11.5 Å². The molecule has 1 unspecified atom stereocenters. The summed E-state index contributed by atoms with van der Waals surface area (Å²) in [5.74, 6) is -0.688. The first-order chi connectivity index (χ1) is 17.6. The van der Waals surface area contributed by atoms with Gasteiger partial charge in [0.25, 0.3) is 11.7 Å². The van der Waals surface area contributed by atoms with E-state index in [0.717, 1.165) is 0 Å². The molecule has 1 aromatic heterocycles. The van der Waals surface area contributed by atoms with Crippen LogP contribution in [0.15, 0.2) is 47.5 Å². The number of H-pyrrole nitrogens is 1. The fourth-order valence-corrected chi connectivity index (χ4v) is 3.20. The van der Waals surface area contributed by atoms with Gasteiger partial charge in [0.05, 0.1) is 41.9 Å². The molecule has 0 bridgehead atoms. The fourth-order valence-electron chi connectivity index (χ4n) is 2.75. The van der Waals surface area contributed by atoms with Gasteiger partial charge >= 0.3 is 5.97 Å². The van der Waals surface area contributed by atoms with Crippen molar-refractivity contribution >= 4 is 35.0 Å². The minimum atomic E-state index is -1.36. The Hall–Kier alpha value is -4.38. The molecule has 1 atom stereocenters. The predicted molar refractivity (Wildman–Crippen MR) is 134 cm³/mol. The van der Waals surface area contributed by atoms with Crippen molar-refractivity contribution in [3.63, 3.8) is 0 Å². The Morgan fingerprint density at radius 2 is 1.59 bits per heavy atom. The van der Waals surface area contributed by atoms with Crippen molar-refractivity contribution in [2.45, 2.75) is 26.9 Å². The molecule has 0 saturated carbocycles. The van der Waals surface area contributed by atoms with E-state index >= 15 is 0 Å². The van der Waals surface area contributed by atoms with Gasteiger partial charge in [0.15, 0.2) is 5.78 Å². The normalized spacial score (nSPS) is 10.6. The number of hydrogen-bond donors (Lipinski definition) is 1. The molecule has 0 saturated heterocycles. The molecule has 37 heavy (non-hydrogen) atoms. The van der Waals surface area contributed by atoms with E-state index in [2.05, 4.69) is 9.97 Å². The minimum absolute atomic E-state index is 0.0867. The molecule has 0 radical (unpaired) electrons. The second kappa shape index (κ2) is 13.6. The molecule has 1 heterocycles. The fraction of sp³-hybridized carbons (Fsp3) is 0.200. The summed E-state index contributed by atoms with van der Waals surface area (Å²) in [4.78, 5) is 40.8. The summed E-state index contributed by atoms with van der Waals surface area (Å²) in [6.07, 6.45) is -0.0617. The number of Topliss-reactive ketones (excluding diaryl/α,β-unsaturated/α-hetero) is 1. The molecule has 0 aliphatic heterocycles. The number of esters is 1. The van der Waals surface area contributed by atoms with Crippen LogP contribution in [-0.2, 0) is 14.3 Å². The van der Waals surface area contributed by atoms with Gasteiger partial charge in [-0.3, -0.25) is 9.59 Å². The van der Waals surface area contributed by atoms with Crippen LogP contribution in [0.25, 0.3) is 0 Å². The molecule has 0 aliphatic carbocycles. The van der Waals surface area contributed by atoms with E-state index in [-0.39, 0.29) is 34.3 Å². The number of ether oxygens (including phenoxy) is 3. The van der Waals surface area contributed by atoms with E-state index < -0.39 is 17.9 Å². The Kier molecular flexibility index (Phi) is 10.6. The van der Waals surface area contributed by atoms with Gasteiger partial charge in [-0.2, -0.15) is 10.5 Å². The van der Waals surface area contributed by atoms with Gasteiger partial charge < -0.3 is 19.2 Å². The Bertz CT molecular complexity index is 1440. The standard InChI is InChI=1S/C13H12ClNO4.C12H8ClN3O2/c1-3-18-13(17)12(8(2)16)19-11-5-9(7-15)4-10(14)6-11;1-7-11(12(17)16-6-15-7)18-10-3-8(5-14)2-9(13)4-10/h4-6,12H,3H2,1-2H3;2-4,6H,1H3,(H,15,16,17). The molecule has 1 N–H and O–H groups in total. The molecule has 3 rings (SSSR count). The van der Waals surface area contributed by atoms with Crippen molar-refractivity contribution in [2.75, 3.05) is 6.61 Å². The number of nitrogens with zero attached hydrogens (tertiary/aromatic N) is 3. The Morgan fingerprint density at radius 1 is 1.03 bits per heavy atom. The molecule has 0 spiro atoms. The van der Waals surface area contributed by atoms with E-state index in [1.165, 1.54) is 49.6 Å². The zero-order valence-corrected chi connectivity index (χ0v) is 21.4. The summed E-state index contributed by atoms with van der Waals surface area (Å²) in [6.45, 7) is 4.64. The van der Waals surface area contributed by atoms with Crippen molar-refractivity contribution in [1.82, 2.24) is 9.97 Å². The maximum Gasteiger partial charge on any atom is 0.355 e. The number of rotatable bonds is 7. The van der Waals surface area contributed by atoms with Crippen LogP contribution in [-0.4, -0.2) is 34.4 Å². The summed E-state index contributed by atoms with van der Waals surface area (Å²) < 4.78 is 15.4. The second-order valence-corrected chi connectivity index (χ2v) is 8.06. The van der Waals surface area contributed by atoms with Crippen molar-refractivity contribution < 1.29 is 23.8 Å². The summed E-state index contributed by atoms with van der Waals surface area (Å²) >= 11 is 11.6. The van der Waals surface area contributed by atoms with Crippen LogP contribution in [0, 0.1) is 29.6 Å². The Labute approximate surface area is 221 Å². The van der Waals surface area contributed by atoms with Crippen LogP contribution in [0.5, 0.6) is 17.2 Å². The van der Waals surface area contributed by atoms with Crippen molar-refractivity contribution in [1.29, 1.82) is 10.5 Å². The summed E-state index contributed by atoms with van der Waals surface area (Å²) in [7, 11) is 0. The number of carbonyl (C=O) groups excluding carboxylic acids is 2. The number of benzene rings is 2. The molecule has 0 amide bonds. The minimum Gasteiger partial charge on any atom is -0.471 e. The lowest BCUT2D eigenvalue weighted by Gasteiger charge is -2.15. The highest BCUT2D eigenvalue weighted by molar-refractivity contribution is 6.31. The van der Waals surface area contributed by atoms with Gasteiger partial charge in [0, 0.05) is 10.0 Å². The first kappa shape index (κ1) is 28.9. The van der Waals surface area contributed by atoms with Gasteiger partial charge in [-0.15, -0.1) is 0 Å².